The molecule has 0 radical (unpaired) electrons. The van der Waals surface area contributed by atoms with Gasteiger partial charge in [-0.25, -0.2) is 8.42 Å². The monoisotopic (exact) mass is 398 g/mol. The zero-order valence-electron chi connectivity index (χ0n) is 15.5. The fourth-order valence-corrected chi connectivity index (χ4v) is 3.87. The van der Waals surface area contributed by atoms with E-state index in [1.54, 1.807) is 54.7 Å². The van der Waals surface area contributed by atoms with Gasteiger partial charge >= 0.3 is 0 Å². The van der Waals surface area contributed by atoms with Crippen molar-refractivity contribution in [2.24, 2.45) is 27.6 Å². The normalized spacial score (nSPS) is 12.3. The van der Waals surface area contributed by atoms with Crippen LogP contribution in [0.4, 0.5) is 5.69 Å². The molecule has 0 atom stereocenters. The molecule has 9 heteroatoms. The number of aromatic amines is 1. The lowest BCUT2D eigenvalue weighted by Gasteiger charge is -2.10. The third kappa shape index (κ3) is 4.15. The van der Waals surface area contributed by atoms with E-state index in [2.05, 4.69) is 19.9 Å². The van der Waals surface area contributed by atoms with E-state index in [1.165, 1.54) is 0 Å². The van der Waals surface area contributed by atoms with Gasteiger partial charge in [-0.05, 0) is 36.2 Å². The van der Waals surface area contributed by atoms with E-state index in [4.69, 9.17) is 11.5 Å². The smallest absolute Gasteiger partial charge is 0.261 e. The minimum absolute atomic E-state index is 0.0479. The number of anilines is 1. The number of rotatable bonds is 6. The highest BCUT2D eigenvalue weighted by atomic mass is 32.2. The predicted molar refractivity (Wildman–Crippen MR) is 113 cm³/mol. The fraction of sp³-hybridized carbons (Fsp3) is 0.158. The zero-order valence-corrected chi connectivity index (χ0v) is 16.4. The van der Waals surface area contributed by atoms with Gasteiger partial charge in [0.15, 0.2) is 0 Å². The molecule has 0 fully saturated rings. The number of sulfonamides is 1. The molecule has 0 amide bonds. The van der Waals surface area contributed by atoms with Crippen molar-refractivity contribution in [1.82, 2.24) is 4.98 Å². The van der Waals surface area contributed by atoms with E-state index < -0.39 is 10.0 Å². The summed E-state index contributed by atoms with van der Waals surface area (Å²) in [5.74, 6) is -0.0823. The third-order valence-electron chi connectivity index (χ3n) is 4.08. The van der Waals surface area contributed by atoms with Crippen molar-refractivity contribution in [1.29, 1.82) is 0 Å². The Hall–Kier alpha value is -3.33. The summed E-state index contributed by atoms with van der Waals surface area (Å²) >= 11 is 0. The van der Waals surface area contributed by atoms with Crippen LogP contribution in [0.1, 0.15) is 19.4 Å². The maximum Gasteiger partial charge on any atom is 0.261 e. The fourth-order valence-electron chi connectivity index (χ4n) is 2.80. The summed E-state index contributed by atoms with van der Waals surface area (Å²) in [5.41, 5.74) is 13.6. The van der Waals surface area contributed by atoms with Crippen molar-refractivity contribution in [3.8, 4) is 0 Å². The zero-order chi connectivity index (χ0) is 20.3. The van der Waals surface area contributed by atoms with Crippen LogP contribution in [0.5, 0.6) is 0 Å². The standard InChI is InChI=1S/C19H22N6O2S/c1-12(2)18(23-24-19(20)21)16-11-22-17-9-8-13(10-15(16)17)25-28(26,27)14-6-4-3-5-7-14/h3-12,22,25H,1-2H3,(H4,20,21,24). The topological polar surface area (TPSA) is 139 Å². The maximum absolute atomic E-state index is 12.6. The molecule has 0 spiro atoms. The first kappa shape index (κ1) is 19.4. The summed E-state index contributed by atoms with van der Waals surface area (Å²) < 4.78 is 27.8. The van der Waals surface area contributed by atoms with Crippen molar-refractivity contribution in [2.45, 2.75) is 18.7 Å². The first-order chi connectivity index (χ1) is 13.3. The molecule has 3 aromatic rings. The Bertz CT molecular complexity index is 1140. The first-order valence-electron chi connectivity index (χ1n) is 8.64. The number of nitrogens with one attached hydrogen (secondary N) is 2. The van der Waals surface area contributed by atoms with Crippen LogP contribution in [-0.4, -0.2) is 25.1 Å². The second kappa shape index (κ2) is 7.73. The molecule has 3 rings (SSSR count). The minimum Gasteiger partial charge on any atom is -0.369 e. The molecule has 0 aliphatic carbocycles. The molecule has 1 aromatic heterocycles. The van der Waals surface area contributed by atoms with Gasteiger partial charge in [-0.1, -0.05) is 32.0 Å². The molecule has 1 heterocycles. The average molecular weight is 398 g/mol. The summed E-state index contributed by atoms with van der Waals surface area (Å²) in [4.78, 5) is 3.36. The van der Waals surface area contributed by atoms with Gasteiger partial charge in [0, 0.05) is 28.4 Å². The van der Waals surface area contributed by atoms with Crippen molar-refractivity contribution >= 4 is 38.3 Å². The van der Waals surface area contributed by atoms with Gasteiger partial charge in [0.2, 0.25) is 5.96 Å². The number of fused-ring (bicyclic) bond motifs is 1. The number of H-pyrrole nitrogens is 1. The quantitative estimate of drug-likeness (QED) is 0.288. The molecule has 2 aromatic carbocycles. The molecule has 0 unspecified atom stereocenters. The van der Waals surface area contributed by atoms with Crippen LogP contribution in [0, 0.1) is 5.92 Å². The van der Waals surface area contributed by atoms with Gasteiger partial charge in [0.05, 0.1) is 10.6 Å². The molecule has 6 N–H and O–H groups in total. The molecule has 0 bridgehead atoms. The van der Waals surface area contributed by atoms with E-state index >= 15 is 0 Å². The lowest BCUT2D eigenvalue weighted by Crippen LogP contribution is -2.22. The lowest BCUT2D eigenvalue weighted by molar-refractivity contribution is 0.601. The number of nitrogens with two attached hydrogens (primary N) is 2. The maximum atomic E-state index is 12.6. The molecule has 0 saturated heterocycles. The Morgan fingerprint density at radius 2 is 1.79 bits per heavy atom. The molecule has 0 aliphatic heterocycles. The van der Waals surface area contributed by atoms with Gasteiger partial charge in [-0.3, -0.25) is 4.72 Å². The number of guanidine groups is 1. The van der Waals surface area contributed by atoms with Crippen molar-refractivity contribution in [2.75, 3.05) is 4.72 Å². The highest BCUT2D eigenvalue weighted by Gasteiger charge is 2.17. The highest BCUT2D eigenvalue weighted by Crippen LogP contribution is 2.26. The minimum atomic E-state index is -3.68. The lowest BCUT2D eigenvalue weighted by atomic mass is 9.99. The number of nitrogens with zero attached hydrogens (tertiary/aromatic N) is 2. The number of aromatic nitrogens is 1. The van der Waals surface area contributed by atoms with Gasteiger partial charge in [0.1, 0.15) is 0 Å². The molecular formula is C19H22N6O2S. The van der Waals surface area contributed by atoms with Gasteiger partial charge in [0.25, 0.3) is 10.0 Å². The van der Waals surface area contributed by atoms with Crippen LogP contribution in [0.3, 0.4) is 0 Å². The second-order valence-corrected chi connectivity index (χ2v) is 8.23. The highest BCUT2D eigenvalue weighted by molar-refractivity contribution is 7.92. The molecule has 28 heavy (non-hydrogen) atoms. The van der Waals surface area contributed by atoms with E-state index in [9.17, 15) is 8.42 Å². The molecule has 8 nitrogen and oxygen atoms in total. The van der Waals surface area contributed by atoms with Crippen LogP contribution >= 0.6 is 0 Å². The molecule has 146 valence electrons. The van der Waals surface area contributed by atoms with Crippen LogP contribution in [0.15, 0.2) is 69.8 Å². The first-order valence-corrected chi connectivity index (χ1v) is 10.1. The van der Waals surface area contributed by atoms with Gasteiger partial charge in [-0.15, -0.1) is 5.10 Å². The molecule has 0 saturated carbocycles. The molecular weight excluding hydrogens is 376 g/mol. The summed E-state index contributed by atoms with van der Waals surface area (Å²) in [6.45, 7) is 3.95. The van der Waals surface area contributed by atoms with E-state index in [0.29, 0.717) is 11.4 Å². The van der Waals surface area contributed by atoms with Crippen LogP contribution in [-0.2, 0) is 10.0 Å². The average Bonchev–Trinajstić information content (AvgIpc) is 3.05. The summed E-state index contributed by atoms with van der Waals surface area (Å²) in [5, 5.41) is 8.74. The number of hydrogen-bond donors (Lipinski definition) is 4. The van der Waals surface area contributed by atoms with Crippen LogP contribution < -0.4 is 16.2 Å². The van der Waals surface area contributed by atoms with Gasteiger partial charge < -0.3 is 16.5 Å². The van der Waals surface area contributed by atoms with Crippen LogP contribution in [0.25, 0.3) is 10.9 Å². The van der Waals surface area contributed by atoms with Crippen molar-refractivity contribution in [3.63, 3.8) is 0 Å². The largest absolute Gasteiger partial charge is 0.369 e. The number of benzene rings is 2. The van der Waals surface area contributed by atoms with Crippen molar-refractivity contribution in [3.05, 3.63) is 60.3 Å². The van der Waals surface area contributed by atoms with E-state index in [1.807, 2.05) is 13.8 Å². The predicted octanol–water partition coefficient (Wildman–Crippen LogP) is 2.60. The number of hydrogen-bond acceptors (Lipinski definition) is 4. The van der Waals surface area contributed by atoms with Crippen molar-refractivity contribution < 1.29 is 8.42 Å². The summed E-state index contributed by atoms with van der Waals surface area (Å²) in [7, 11) is -3.68. The molecule has 0 aliphatic rings. The second-order valence-electron chi connectivity index (χ2n) is 6.55. The summed E-state index contributed by atoms with van der Waals surface area (Å²) in [6, 6.07) is 13.5. The Labute approximate surface area is 163 Å². The Morgan fingerprint density at radius 3 is 2.43 bits per heavy atom. The Morgan fingerprint density at radius 1 is 1.07 bits per heavy atom. The van der Waals surface area contributed by atoms with Crippen LogP contribution in [0.2, 0.25) is 0 Å². The van der Waals surface area contributed by atoms with E-state index in [0.717, 1.165) is 16.5 Å². The Kier molecular flexibility index (Phi) is 5.36. The van der Waals surface area contributed by atoms with Gasteiger partial charge in [-0.2, -0.15) is 5.10 Å². The summed E-state index contributed by atoms with van der Waals surface area (Å²) in [6.07, 6.45) is 1.81. The third-order valence-corrected chi connectivity index (χ3v) is 5.48. The Balaban J connectivity index is 2.03. The van der Waals surface area contributed by atoms with E-state index in [-0.39, 0.29) is 16.8 Å². The SMILES string of the molecule is CC(C)C(=NN=C(N)N)c1c[nH]c2ccc(NS(=O)(=O)c3ccccc3)cc12.